The van der Waals surface area contributed by atoms with Gasteiger partial charge in [-0.3, -0.25) is 4.79 Å². The largest absolute Gasteiger partial charge is 0.492 e. The molecule has 0 aliphatic carbocycles. The first-order valence-electron chi connectivity index (χ1n) is 9.89. The van der Waals surface area contributed by atoms with Gasteiger partial charge in [-0.15, -0.1) is 0 Å². The molecule has 9 nitrogen and oxygen atoms in total. The minimum absolute atomic E-state index is 0.0121. The number of para-hydroxylation sites is 2. The van der Waals surface area contributed by atoms with Crippen LogP contribution in [0.2, 0.25) is 5.02 Å². The van der Waals surface area contributed by atoms with Crippen LogP contribution in [0.15, 0.2) is 47.4 Å². The topological polar surface area (TPSA) is 111 Å². The molecule has 0 spiro atoms. The predicted molar refractivity (Wildman–Crippen MR) is 118 cm³/mol. The fraction of sp³-hybridized carbons (Fsp3) is 0.333. The highest BCUT2D eigenvalue weighted by Gasteiger charge is 2.28. The van der Waals surface area contributed by atoms with Gasteiger partial charge in [0.1, 0.15) is 5.75 Å². The fourth-order valence-corrected chi connectivity index (χ4v) is 4.63. The summed E-state index contributed by atoms with van der Waals surface area (Å²) in [5.41, 5.74) is 0.288. The van der Waals surface area contributed by atoms with Crippen molar-refractivity contribution in [2.75, 3.05) is 44.8 Å². The molecule has 1 fully saturated rings. The Morgan fingerprint density at radius 1 is 1.16 bits per heavy atom. The minimum Gasteiger partial charge on any atom is -0.492 e. The summed E-state index contributed by atoms with van der Waals surface area (Å²) in [6.07, 6.45) is 0. The van der Waals surface area contributed by atoms with Crippen LogP contribution in [0.1, 0.15) is 17.3 Å². The summed E-state index contributed by atoms with van der Waals surface area (Å²) in [5.74, 6) is -1.01. The average Bonchev–Trinajstić information content (AvgIpc) is 2.79. The Balaban J connectivity index is 1.67. The lowest BCUT2D eigenvalue weighted by Gasteiger charge is -2.26. The van der Waals surface area contributed by atoms with E-state index in [1.54, 1.807) is 24.3 Å². The van der Waals surface area contributed by atoms with Gasteiger partial charge in [-0.25, -0.2) is 13.2 Å². The normalized spacial score (nSPS) is 14.6. The Morgan fingerprint density at radius 2 is 1.88 bits per heavy atom. The summed E-state index contributed by atoms with van der Waals surface area (Å²) in [7, 11) is -3.82. The van der Waals surface area contributed by atoms with E-state index in [0.29, 0.717) is 31.3 Å². The molecule has 0 saturated carbocycles. The number of benzene rings is 2. The molecule has 1 aliphatic rings. The van der Waals surface area contributed by atoms with E-state index >= 15 is 0 Å². The lowest BCUT2D eigenvalue weighted by molar-refractivity contribution is -0.119. The molecule has 172 valence electrons. The number of ether oxygens (including phenoxy) is 3. The van der Waals surface area contributed by atoms with Crippen LogP contribution in [0.25, 0.3) is 0 Å². The number of hydrogen-bond donors (Lipinski definition) is 1. The Kier molecular flexibility index (Phi) is 8.08. The number of carbonyl (C=O) groups is 2. The number of hydrogen-bond acceptors (Lipinski definition) is 7. The first-order chi connectivity index (χ1) is 15.3. The van der Waals surface area contributed by atoms with E-state index < -0.39 is 28.5 Å². The number of nitrogens with one attached hydrogen (secondary N) is 1. The number of rotatable bonds is 8. The lowest BCUT2D eigenvalue weighted by atomic mass is 10.2. The van der Waals surface area contributed by atoms with Crippen LogP contribution < -0.4 is 10.1 Å². The highest BCUT2D eigenvalue weighted by Crippen LogP contribution is 2.25. The van der Waals surface area contributed by atoms with Crippen LogP contribution in [0.4, 0.5) is 5.69 Å². The van der Waals surface area contributed by atoms with E-state index in [4.69, 9.17) is 25.8 Å². The smallest absolute Gasteiger partial charge is 0.340 e. The van der Waals surface area contributed by atoms with Crippen molar-refractivity contribution in [1.82, 2.24) is 4.31 Å². The zero-order chi connectivity index (χ0) is 23.1. The maximum Gasteiger partial charge on any atom is 0.340 e. The molecule has 1 saturated heterocycles. The summed E-state index contributed by atoms with van der Waals surface area (Å²) in [4.78, 5) is 24.6. The van der Waals surface area contributed by atoms with Gasteiger partial charge in [-0.1, -0.05) is 23.7 Å². The Labute approximate surface area is 191 Å². The van der Waals surface area contributed by atoms with E-state index in [1.165, 1.54) is 16.4 Å². The Hall–Kier alpha value is -2.66. The summed E-state index contributed by atoms with van der Waals surface area (Å²) >= 11 is 6.08. The maximum atomic E-state index is 12.8. The molecule has 0 aromatic heterocycles. The average molecular weight is 483 g/mol. The molecule has 32 heavy (non-hydrogen) atoms. The van der Waals surface area contributed by atoms with Gasteiger partial charge >= 0.3 is 5.97 Å². The summed E-state index contributed by atoms with van der Waals surface area (Å²) in [6.45, 7) is 2.67. The van der Waals surface area contributed by atoms with Gasteiger partial charge in [0, 0.05) is 13.1 Å². The summed E-state index contributed by atoms with van der Waals surface area (Å²) < 4.78 is 42.6. The highest BCUT2D eigenvalue weighted by molar-refractivity contribution is 7.89. The molecule has 1 heterocycles. The zero-order valence-corrected chi connectivity index (χ0v) is 18.9. The molecule has 11 heteroatoms. The minimum atomic E-state index is -3.82. The summed E-state index contributed by atoms with van der Waals surface area (Å²) in [5, 5.41) is 2.62. The molecule has 0 bridgehead atoms. The van der Waals surface area contributed by atoms with Crippen molar-refractivity contribution in [2.45, 2.75) is 11.8 Å². The van der Waals surface area contributed by atoms with Gasteiger partial charge in [0.15, 0.2) is 6.61 Å². The zero-order valence-electron chi connectivity index (χ0n) is 17.4. The third-order valence-corrected chi connectivity index (χ3v) is 6.79. The number of anilines is 1. The second-order valence-electron chi connectivity index (χ2n) is 6.71. The van der Waals surface area contributed by atoms with Gasteiger partial charge in [0.05, 0.1) is 41.0 Å². The third-order valence-electron chi connectivity index (χ3n) is 4.56. The highest BCUT2D eigenvalue weighted by atomic mass is 35.5. The third kappa shape index (κ3) is 5.77. The van der Waals surface area contributed by atoms with E-state index in [9.17, 15) is 18.0 Å². The first kappa shape index (κ1) is 24.0. The van der Waals surface area contributed by atoms with Crippen LogP contribution in [0, 0.1) is 0 Å². The molecule has 1 N–H and O–H groups in total. The number of nitrogens with zero attached hydrogens (tertiary/aromatic N) is 1. The molecular formula is C21H23ClN2O7S. The molecule has 0 radical (unpaired) electrons. The molecule has 2 aromatic rings. The molecular weight excluding hydrogens is 460 g/mol. The van der Waals surface area contributed by atoms with Crippen LogP contribution in [-0.2, 0) is 24.3 Å². The van der Waals surface area contributed by atoms with E-state index in [1.807, 2.05) is 6.92 Å². The van der Waals surface area contributed by atoms with Crippen molar-refractivity contribution in [3.8, 4) is 5.75 Å². The lowest BCUT2D eigenvalue weighted by Crippen LogP contribution is -2.40. The molecule has 1 aliphatic heterocycles. The van der Waals surface area contributed by atoms with Crippen molar-refractivity contribution in [2.24, 2.45) is 0 Å². The molecule has 0 unspecified atom stereocenters. The number of halogens is 1. The van der Waals surface area contributed by atoms with Gasteiger partial charge in [0.2, 0.25) is 10.0 Å². The molecule has 0 atom stereocenters. The van der Waals surface area contributed by atoms with Gasteiger partial charge in [-0.2, -0.15) is 4.31 Å². The van der Waals surface area contributed by atoms with Crippen LogP contribution >= 0.6 is 11.6 Å². The van der Waals surface area contributed by atoms with Gasteiger partial charge in [0.25, 0.3) is 5.91 Å². The van der Waals surface area contributed by atoms with Gasteiger partial charge < -0.3 is 19.5 Å². The monoisotopic (exact) mass is 482 g/mol. The first-order valence-corrected chi connectivity index (χ1v) is 11.7. The van der Waals surface area contributed by atoms with Crippen molar-refractivity contribution in [1.29, 1.82) is 0 Å². The molecule has 2 aromatic carbocycles. The van der Waals surface area contributed by atoms with Crippen LogP contribution in [0.5, 0.6) is 5.75 Å². The SMILES string of the molecule is CCOc1ccccc1NC(=O)COC(=O)c1cc(S(=O)(=O)N2CCOCC2)ccc1Cl. The molecule has 3 rings (SSSR count). The Bertz CT molecular complexity index is 1090. The maximum absolute atomic E-state index is 12.8. The van der Waals surface area contributed by atoms with Crippen molar-refractivity contribution in [3.63, 3.8) is 0 Å². The van der Waals surface area contributed by atoms with Gasteiger partial charge in [-0.05, 0) is 37.3 Å². The predicted octanol–water partition coefficient (Wildman–Crippen LogP) is 2.56. The quantitative estimate of drug-likeness (QED) is 0.575. The van der Waals surface area contributed by atoms with Crippen molar-refractivity contribution < 1.29 is 32.2 Å². The van der Waals surface area contributed by atoms with Crippen LogP contribution in [-0.4, -0.2) is 64.1 Å². The summed E-state index contributed by atoms with van der Waals surface area (Å²) in [6, 6.07) is 10.6. The van der Waals surface area contributed by atoms with Crippen molar-refractivity contribution in [3.05, 3.63) is 53.1 Å². The Morgan fingerprint density at radius 3 is 2.59 bits per heavy atom. The number of sulfonamides is 1. The van der Waals surface area contributed by atoms with E-state index in [2.05, 4.69) is 5.32 Å². The van der Waals surface area contributed by atoms with Crippen LogP contribution in [0.3, 0.4) is 0 Å². The second-order valence-corrected chi connectivity index (χ2v) is 9.06. The second kappa shape index (κ2) is 10.8. The van der Waals surface area contributed by atoms with E-state index in [0.717, 1.165) is 6.07 Å². The number of carbonyl (C=O) groups excluding carboxylic acids is 2. The van der Waals surface area contributed by atoms with E-state index in [-0.39, 0.29) is 28.6 Å². The number of esters is 1. The molecule has 1 amide bonds. The number of amides is 1. The van der Waals surface area contributed by atoms with Crippen molar-refractivity contribution >= 4 is 39.2 Å². The number of morpholine rings is 1. The fourth-order valence-electron chi connectivity index (χ4n) is 3.00. The standard InChI is InChI=1S/C21H23ClN2O7S/c1-2-30-19-6-4-3-5-18(19)23-20(25)14-31-21(26)16-13-15(7-8-17(16)22)32(27,28)24-9-11-29-12-10-24/h3-8,13H,2,9-12,14H2,1H3,(H,23,25).